The summed E-state index contributed by atoms with van der Waals surface area (Å²) in [5.41, 5.74) is 11.5. The molecule has 3 aromatic rings. The molecule has 2 N–H and O–H groups in total. The van der Waals surface area contributed by atoms with Crippen LogP contribution in [0.4, 0.5) is 0 Å². The number of rotatable bonds is 4. The van der Waals surface area contributed by atoms with Gasteiger partial charge >= 0.3 is 0 Å². The Morgan fingerprint density at radius 1 is 1.14 bits per heavy atom. The average molecular weight is 279 g/mol. The quantitative estimate of drug-likeness (QED) is 0.787. The third-order valence-electron chi connectivity index (χ3n) is 3.77. The molecule has 0 unspecified atom stereocenters. The van der Waals surface area contributed by atoms with Crippen molar-refractivity contribution in [3.8, 4) is 11.4 Å². The van der Waals surface area contributed by atoms with Gasteiger partial charge < -0.3 is 10.3 Å². The van der Waals surface area contributed by atoms with Gasteiger partial charge in [0.15, 0.2) is 0 Å². The average Bonchev–Trinajstić information content (AvgIpc) is 2.85. The van der Waals surface area contributed by atoms with Gasteiger partial charge in [0.25, 0.3) is 0 Å². The van der Waals surface area contributed by atoms with Gasteiger partial charge in [-0.1, -0.05) is 36.8 Å². The van der Waals surface area contributed by atoms with Crippen LogP contribution in [0.25, 0.3) is 22.4 Å². The van der Waals surface area contributed by atoms with Gasteiger partial charge in [-0.3, -0.25) is 0 Å². The highest BCUT2D eigenvalue weighted by atomic mass is 15.1. The summed E-state index contributed by atoms with van der Waals surface area (Å²) in [5, 5.41) is 0. The number of hydrogen-bond acceptors (Lipinski definition) is 2. The van der Waals surface area contributed by atoms with E-state index in [0.29, 0.717) is 6.54 Å². The lowest BCUT2D eigenvalue weighted by atomic mass is 10.1. The Kier molecular flexibility index (Phi) is 3.76. The van der Waals surface area contributed by atoms with Crippen molar-refractivity contribution in [1.29, 1.82) is 0 Å². The molecule has 0 saturated carbocycles. The first-order valence-electron chi connectivity index (χ1n) is 7.49. The lowest BCUT2D eigenvalue weighted by Gasteiger charge is -2.08. The van der Waals surface area contributed by atoms with Crippen LogP contribution in [0.2, 0.25) is 0 Å². The van der Waals surface area contributed by atoms with E-state index in [4.69, 9.17) is 10.7 Å². The van der Waals surface area contributed by atoms with Crippen molar-refractivity contribution in [3.63, 3.8) is 0 Å². The van der Waals surface area contributed by atoms with Crippen LogP contribution in [0.5, 0.6) is 0 Å². The number of aryl methyl sites for hydroxylation is 2. The van der Waals surface area contributed by atoms with Crippen LogP contribution < -0.4 is 5.73 Å². The van der Waals surface area contributed by atoms with Crippen LogP contribution in [-0.4, -0.2) is 9.55 Å². The van der Waals surface area contributed by atoms with Gasteiger partial charge in [0.2, 0.25) is 0 Å². The molecule has 1 heterocycles. The summed E-state index contributed by atoms with van der Waals surface area (Å²) >= 11 is 0. The molecule has 3 nitrogen and oxygen atoms in total. The minimum atomic E-state index is 0.552. The molecule has 0 aliphatic heterocycles. The summed E-state index contributed by atoms with van der Waals surface area (Å²) < 4.78 is 2.31. The highest BCUT2D eigenvalue weighted by molar-refractivity contribution is 5.81. The second kappa shape index (κ2) is 5.70. The van der Waals surface area contributed by atoms with Crippen molar-refractivity contribution >= 4 is 11.0 Å². The summed E-state index contributed by atoms with van der Waals surface area (Å²) in [6, 6.07) is 14.9. The van der Waals surface area contributed by atoms with E-state index in [9.17, 15) is 0 Å². The summed E-state index contributed by atoms with van der Waals surface area (Å²) in [5.74, 6) is 1.05. The monoisotopic (exact) mass is 279 g/mol. The van der Waals surface area contributed by atoms with Gasteiger partial charge in [0.05, 0.1) is 11.0 Å². The van der Waals surface area contributed by atoms with Gasteiger partial charge in [-0.2, -0.15) is 0 Å². The third-order valence-corrected chi connectivity index (χ3v) is 3.77. The molecule has 108 valence electrons. The zero-order valence-corrected chi connectivity index (χ0v) is 12.6. The van der Waals surface area contributed by atoms with Gasteiger partial charge in [-0.25, -0.2) is 4.98 Å². The molecule has 0 aliphatic carbocycles. The van der Waals surface area contributed by atoms with Crippen molar-refractivity contribution < 1.29 is 0 Å². The van der Waals surface area contributed by atoms with Crippen LogP contribution in [0, 0.1) is 6.92 Å². The standard InChI is InChI=1S/C18H21N3/c1-3-9-21-17-8-7-14(12-19)11-16(17)20-18(21)15-6-4-5-13(2)10-15/h4-8,10-11H,3,9,12,19H2,1-2H3. The topological polar surface area (TPSA) is 43.8 Å². The lowest BCUT2D eigenvalue weighted by molar-refractivity contribution is 0.704. The minimum absolute atomic E-state index is 0.552. The maximum Gasteiger partial charge on any atom is 0.141 e. The molecule has 0 amide bonds. The van der Waals surface area contributed by atoms with E-state index >= 15 is 0 Å². The van der Waals surface area contributed by atoms with E-state index in [1.54, 1.807) is 0 Å². The Morgan fingerprint density at radius 2 is 2.00 bits per heavy atom. The smallest absolute Gasteiger partial charge is 0.141 e. The van der Waals surface area contributed by atoms with E-state index in [1.165, 1.54) is 16.6 Å². The fourth-order valence-electron chi connectivity index (χ4n) is 2.76. The van der Waals surface area contributed by atoms with Crippen LogP contribution >= 0.6 is 0 Å². The molecule has 0 fully saturated rings. The molecule has 0 radical (unpaired) electrons. The van der Waals surface area contributed by atoms with Gasteiger partial charge in [-0.05, 0) is 37.1 Å². The van der Waals surface area contributed by atoms with Crippen LogP contribution in [-0.2, 0) is 13.1 Å². The third kappa shape index (κ3) is 2.57. The number of nitrogens with zero attached hydrogens (tertiary/aromatic N) is 2. The Morgan fingerprint density at radius 3 is 2.71 bits per heavy atom. The summed E-state index contributed by atoms with van der Waals surface area (Å²) in [4.78, 5) is 4.86. The predicted octanol–water partition coefficient (Wildman–Crippen LogP) is 3.88. The SMILES string of the molecule is CCCn1c(-c2cccc(C)c2)nc2cc(CN)ccc21. The van der Waals surface area contributed by atoms with Gasteiger partial charge in [-0.15, -0.1) is 0 Å². The summed E-state index contributed by atoms with van der Waals surface area (Å²) in [7, 11) is 0. The molecule has 3 heteroatoms. The zero-order chi connectivity index (χ0) is 14.8. The van der Waals surface area contributed by atoms with Crippen LogP contribution in [0.3, 0.4) is 0 Å². The summed E-state index contributed by atoms with van der Waals surface area (Å²) in [6.07, 6.45) is 1.09. The molecule has 21 heavy (non-hydrogen) atoms. The Balaban J connectivity index is 2.23. The first-order chi connectivity index (χ1) is 10.2. The van der Waals surface area contributed by atoms with E-state index in [-0.39, 0.29) is 0 Å². The first kappa shape index (κ1) is 13.8. The number of hydrogen-bond donors (Lipinski definition) is 1. The molecule has 2 aromatic carbocycles. The summed E-state index contributed by atoms with van der Waals surface area (Å²) in [6.45, 7) is 5.83. The molecule has 0 aliphatic rings. The van der Waals surface area contributed by atoms with Gasteiger partial charge in [0.1, 0.15) is 5.82 Å². The van der Waals surface area contributed by atoms with Crippen molar-refractivity contribution in [3.05, 3.63) is 53.6 Å². The Bertz CT molecular complexity index is 771. The molecule has 0 bridgehead atoms. The van der Waals surface area contributed by atoms with Gasteiger partial charge in [0, 0.05) is 18.7 Å². The van der Waals surface area contributed by atoms with Crippen molar-refractivity contribution in [2.24, 2.45) is 5.73 Å². The zero-order valence-electron chi connectivity index (χ0n) is 12.6. The molecule has 3 rings (SSSR count). The largest absolute Gasteiger partial charge is 0.326 e. The molecular weight excluding hydrogens is 258 g/mol. The van der Waals surface area contributed by atoms with Crippen LogP contribution in [0.15, 0.2) is 42.5 Å². The molecule has 1 aromatic heterocycles. The Labute approximate surface area is 125 Å². The molecule has 0 atom stereocenters. The second-order valence-electron chi connectivity index (χ2n) is 5.48. The molecular formula is C18H21N3. The van der Waals surface area contributed by atoms with E-state index < -0.39 is 0 Å². The number of nitrogens with two attached hydrogens (primary N) is 1. The van der Waals surface area contributed by atoms with Crippen molar-refractivity contribution in [1.82, 2.24) is 9.55 Å². The van der Waals surface area contributed by atoms with E-state index in [1.807, 2.05) is 0 Å². The number of aromatic nitrogens is 2. The van der Waals surface area contributed by atoms with Crippen LogP contribution in [0.1, 0.15) is 24.5 Å². The Hall–Kier alpha value is -2.13. The van der Waals surface area contributed by atoms with Crippen molar-refractivity contribution in [2.45, 2.75) is 33.4 Å². The first-order valence-corrected chi connectivity index (χ1v) is 7.49. The number of benzene rings is 2. The number of fused-ring (bicyclic) bond motifs is 1. The molecule has 0 spiro atoms. The maximum absolute atomic E-state index is 5.74. The molecule has 0 saturated heterocycles. The fourth-order valence-corrected chi connectivity index (χ4v) is 2.76. The highest BCUT2D eigenvalue weighted by Crippen LogP contribution is 2.26. The maximum atomic E-state index is 5.74. The second-order valence-corrected chi connectivity index (χ2v) is 5.48. The lowest BCUT2D eigenvalue weighted by Crippen LogP contribution is -2.00. The number of imidazole rings is 1. The van der Waals surface area contributed by atoms with E-state index in [0.717, 1.165) is 29.9 Å². The predicted molar refractivity (Wildman–Crippen MR) is 88.1 cm³/mol. The fraction of sp³-hybridized carbons (Fsp3) is 0.278. The van der Waals surface area contributed by atoms with E-state index in [2.05, 4.69) is 60.9 Å². The highest BCUT2D eigenvalue weighted by Gasteiger charge is 2.12. The van der Waals surface area contributed by atoms with Crippen molar-refractivity contribution in [2.75, 3.05) is 0 Å². The minimum Gasteiger partial charge on any atom is -0.326 e. The normalized spacial score (nSPS) is 11.2.